The molecule has 1 N–H and O–H groups in total. The summed E-state index contributed by atoms with van der Waals surface area (Å²) in [5.74, 6) is -0.0700. The average Bonchev–Trinajstić information content (AvgIpc) is 2.69. The zero-order valence-electron chi connectivity index (χ0n) is 15.4. The van der Waals surface area contributed by atoms with E-state index in [-0.39, 0.29) is 5.91 Å². The summed E-state index contributed by atoms with van der Waals surface area (Å²) in [5.41, 5.74) is 5.07. The first-order valence-electron chi connectivity index (χ1n) is 9.26. The summed E-state index contributed by atoms with van der Waals surface area (Å²) >= 11 is 0. The zero-order chi connectivity index (χ0) is 18.6. The van der Waals surface area contributed by atoms with Crippen LogP contribution >= 0.6 is 0 Å². The molecule has 0 atom stereocenters. The van der Waals surface area contributed by atoms with Crippen LogP contribution < -0.4 is 5.32 Å². The molecule has 0 bridgehead atoms. The number of hydrogen-bond donors (Lipinski definition) is 1. The maximum Gasteiger partial charge on any atom is 0.221 e. The predicted molar refractivity (Wildman–Crippen MR) is 108 cm³/mol. The van der Waals surface area contributed by atoms with E-state index in [1.165, 1.54) is 17.9 Å². The number of aromatic nitrogens is 1. The van der Waals surface area contributed by atoms with Crippen molar-refractivity contribution in [2.24, 2.45) is 0 Å². The van der Waals surface area contributed by atoms with Gasteiger partial charge in [0.15, 0.2) is 0 Å². The Balaban J connectivity index is 1.69. The summed E-state index contributed by atoms with van der Waals surface area (Å²) < 4.78 is 5.47. The van der Waals surface area contributed by atoms with Gasteiger partial charge in [-0.1, -0.05) is 30.3 Å². The number of rotatable bonds is 4. The molecule has 0 unspecified atom stereocenters. The van der Waals surface area contributed by atoms with Gasteiger partial charge in [0, 0.05) is 43.2 Å². The highest BCUT2D eigenvalue weighted by molar-refractivity contribution is 5.89. The maximum absolute atomic E-state index is 11.2. The summed E-state index contributed by atoms with van der Waals surface area (Å²) in [5, 5.41) is 4.00. The van der Waals surface area contributed by atoms with Gasteiger partial charge >= 0.3 is 0 Å². The van der Waals surface area contributed by atoms with Crippen molar-refractivity contribution in [2.75, 3.05) is 31.6 Å². The van der Waals surface area contributed by atoms with Crippen LogP contribution in [0.4, 0.5) is 5.69 Å². The molecular weight excluding hydrogens is 338 g/mol. The first-order valence-corrected chi connectivity index (χ1v) is 9.26. The van der Waals surface area contributed by atoms with Crippen LogP contribution in [0.25, 0.3) is 22.2 Å². The highest BCUT2D eigenvalue weighted by Gasteiger charge is 2.14. The number of nitrogens with zero attached hydrogens (tertiary/aromatic N) is 2. The molecule has 1 aliphatic rings. The van der Waals surface area contributed by atoms with Gasteiger partial charge in [0.25, 0.3) is 0 Å². The molecule has 5 nitrogen and oxygen atoms in total. The van der Waals surface area contributed by atoms with Gasteiger partial charge in [-0.15, -0.1) is 0 Å². The van der Waals surface area contributed by atoms with Gasteiger partial charge in [-0.25, -0.2) is 4.98 Å². The second-order valence-corrected chi connectivity index (χ2v) is 6.83. The van der Waals surface area contributed by atoms with Crippen LogP contribution in [0.2, 0.25) is 0 Å². The molecule has 1 fully saturated rings. The van der Waals surface area contributed by atoms with Crippen LogP contribution in [0.1, 0.15) is 12.5 Å². The summed E-state index contributed by atoms with van der Waals surface area (Å²) in [6, 6.07) is 18.3. The van der Waals surface area contributed by atoms with E-state index in [2.05, 4.69) is 34.5 Å². The number of hydrogen-bond acceptors (Lipinski definition) is 4. The molecule has 0 saturated carbocycles. The van der Waals surface area contributed by atoms with Gasteiger partial charge in [0.05, 0.1) is 24.4 Å². The molecule has 1 aliphatic heterocycles. The predicted octanol–water partition coefficient (Wildman–Crippen LogP) is 3.69. The quantitative estimate of drug-likeness (QED) is 0.770. The number of carbonyl (C=O) groups is 1. The Morgan fingerprint density at radius 1 is 1.11 bits per heavy atom. The number of amides is 1. The van der Waals surface area contributed by atoms with Crippen molar-refractivity contribution in [1.82, 2.24) is 9.88 Å². The molecule has 27 heavy (non-hydrogen) atoms. The molecule has 1 amide bonds. The fourth-order valence-corrected chi connectivity index (χ4v) is 3.45. The van der Waals surface area contributed by atoms with Crippen molar-refractivity contribution >= 4 is 22.5 Å². The van der Waals surface area contributed by atoms with E-state index >= 15 is 0 Å². The van der Waals surface area contributed by atoms with Crippen LogP contribution in [-0.2, 0) is 16.1 Å². The lowest BCUT2D eigenvalue weighted by atomic mass is 10.0. The normalized spacial score (nSPS) is 15.0. The van der Waals surface area contributed by atoms with Crippen LogP contribution in [0.15, 0.2) is 54.6 Å². The second-order valence-electron chi connectivity index (χ2n) is 6.83. The number of para-hydroxylation sites is 1. The Morgan fingerprint density at radius 3 is 2.59 bits per heavy atom. The van der Waals surface area contributed by atoms with E-state index in [0.29, 0.717) is 0 Å². The van der Waals surface area contributed by atoms with Crippen LogP contribution in [0.5, 0.6) is 0 Å². The zero-order valence-corrected chi connectivity index (χ0v) is 15.4. The molecule has 4 rings (SSSR count). The minimum Gasteiger partial charge on any atom is -0.379 e. The molecule has 5 heteroatoms. The van der Waals surface area contributed by atoms with Gasteiger partial charge < -0.3 is 10.1 Å². The summed E-state index contributed by atoms with van der Waals surface area (Å²) in [6.45, 7) is 5.90. The van der Waals surface area contributed by atoms with Gasteiger partial charge in [0.1, 0.15) is 0 Å². The number of anilines is 1. The Kier molecular flexibility index (Phi) is 5.14. The fourth-order valence-electron chi connectivity index (χ4n) is 3.45. The molecule has 1 saturated heterocycles. The van der Waals surface area contributed by atoms with E-state index in [4.69, 9.17) is 9.72 Å². The lowest BCUT2D eigenvalue weighted by Gasteiger charge is -2.27. The Hall–Kier alpha value is -2.76. The average molecular weight is 361 g/mol. The fraction of sp³-hybridized carbons (Fsp3) is 0.273. The SMILES string of the molecule is CC(=O)Nc1ccc(-c2cc(CN3CCOCC3)c3ccccc3n2)cc1. The largest absolute Gasteiger partial charge is 0.379 e. The van der Waals surface area contributed by atoms with Gasteiger partial charge in [0.2, 0.25) is 5.91 Å². The third kappa shape index (κ3) is 4.15. The number of fused-ring (bicyclic) bond motifs is 1. The summed E-state index contributed by atoms with van der Waals surface area (Å²) in [7, 11) is 0. The standard InChI is InChI=1S/C22H23N3O2/c1-16(26)23-19-8-6-17(7-9-19)22-14-18(15-25-10-12-27-13-11-25)20-4-2-3-5-21(20)24-22/h2-9,14H,10-13,15H2,1H3,(H,23,26). The number of carbonyl (C=O) groups excluding carboxylic acids is 1. The Morgan fingerprint density at radius 2 is 1.85 bits per heavy atom. The molecular formula is C22H23N3O2. The number of pyridine rings is 1. The molecule has 3 aromatic rings. The van der Waals surface area contributed by atoms with Crippen LogP contribution in [0.3, 0.4) is 0 Å². The number of nitrogens with one attached hydrogen (secondary N) is 1. The topological polar surface area (TPSA) is 54.5 Å². The molecule has 0 aliphatic carbocycles. The highest BCUT2D eigenvalue weighted by atomic mass is 16.5. The molecule has 0 spiro atoms. The first kappa shape index (κ1) is 17.6. The summed E-state index contributed by atoms with van der Waals surface area (Å²) in [4.78, 5) is 18.5. The first-order chi connectivity index (χ1) is 13.2. The molecule has 2 aromatic carbocycles. The number of morpholine rings is 1. The third-order valence-corrected chi connectivity index (χ3v) is 4.80. The molecule has 0 radical (unpaired) electrons. The van der Waals surface area contributed by atoms with E-state index in [1.807, 2.05) is 30.3 Å². The minimum absolute atomic E-state index is 0.0700. The minimum atomic E-state index is -0.0700. The summed E-state index contributed by atoms with van der Waals surface area (Å²) in [6.07, 6.45) is 0. The highest BCUT2D eigenvalue weighted by Crippen LogP contribution is 2.27. The monoisotopic (exact) mass is 361 g/mol. The van der Waals surface area contributed by atoms with Crippen LogP contribution in [-0.4, -0.2) is 42.1 Å². The van der Waals surface area contributed by atoms with Crippen molar-refractivity contribution in [3.63, 3.8) is 0 Å². The molecule has 2 heterocycles. The van der Waals surface area contributed by atoms with Crippen molar-refractivity contribution in [3.05, 3.63) is 60.2 Å². The van der Waals surface area contributed by atoms with Crippen molar-refractivity contribution in [1.29, 1.82) is 0 Å². The van der Waals surface area contributed by atoms with Gasteiger partial charge in [-0.2, -0.15) is 0 Å². The van der Waals surface area contributed by atoms with E-state index in [1.54, 1.807) is 0 Å². The van der Waals surface area contributed by atoms with E-state index in [0.717, 1.165) is 55.3 Å². The Labute approximate surface area is 159 Å². The lowest BCUT2D eigenvalue weighted by Crippen LogP contribution is -2.35. The maximum atomic E-state index is 11.2. The van der Waals surface area contributed by atoms with Crippen molar-refractivity contribution in [2.45, 2.75) is 13.5 Å². The van der Waals surface area contributed by atoms with Crippen molar-refractivity contribution < 1.29 is 9.53 Å². The lowest BCUT2D eigenvalue weighted by molar-refractivity contribution is -0.114. The smallest absolute Gasteiger partial charge is 0.221 e. The van der Waals surface area contributed by atoms with Crippen LogP contribution in [0, 0.1) is 0 Å². The van der Waals surface area contributed by atoms with Gasteiger partial charge in [-0.05, 0) is 29.8 Å². The molecule has 1 aromatic heterocycles. The number of ether oxygens (including phenoxy) is 1. The Bertz CT molecular complexity index is 947. The van der Waals surface area contributed by atoms with Gasteiger partial charge in [-0.3, -0.25) is 9.69 Å². The second kappa shape index (κ2) is 7.86. The third-order valence-electron chi connectivity index (χ3n) is 4.80. The van der Waals surface area contributed by atoms with E-state index in [9.17, 15) is 4.79 Å². The van der Waals surface area contributed by atoms with E-state index < -0.39 is 0 Å². The molecule has 138 valence electrons. The van der Waals surface area contributed by atoms with Crippen molar-refractivity contribution in [3.8, 4) is 11.3 Å². The number of benzene rings is 2.